The highest BCUT2D eigenvalue weighted by molar-refractivity contribution is 6.06. The minimum atomic E-state index is -0.727. The molecule has 1 aliphatic rings. The van der Waals surface area contributed by atoms with Gasteiger partial charge in [-0.1, -0.05) is 0 Å². The van der Waals surface area contributed by atoms with Gasteiger partial charge in [0.15, 0.2) is 0 Å². The molecule has 2 rings (SSSR count). The van der Waals surface area contributed by atoms with Gasteiger partial charge in [0.25, 0.3) is 5.91 Å². The molecule has 2 heterocycles. The minimum Gasteiger partial charge on any atom is -0.382 e. The normalized spacial score (nSPS) is 19.6. The Morgan fingerprint density at radius 1 is 1.44 bits per heavy atom. The van der Waals surface area contributed by atoms with E-state index in [1.165, 1.54) is 19.3 Å². The van der Waals surface area contributed by atoms with Crippen LogP contribution in [0.2, 0.25) is 0 Å². The molecule has 1 atom stereocenters. The molecule has 1 aliphatic heterocycles. The highest BCUT2D eigenvalue weighted by atomic mass is 16.2. The molecule has 1 aromatic rings. The first-order valence-electron chi connectivity index (χ1n) is 5.21. The molecule has 0 saturated carbocycles. The Hall–Kier alpha value is -2.51. The number of hydrogen-bond acceptors (Lipinski definition) is 6. The van der Waals surface area contributed by atoms with Gasteiger partial charge < -0.3 is 10.6 Å². The molecule has 94 valence electrons. The minimum absolute atomic E-state index is 0.0403. The number of hydrogen-bond donors (Lipinski definition) is 2. The standard InChI is InChI=1S/C10H11N5O3/c1-5-9(17)14-8(16)4-15(5)10(18)6-2-13-7(11)3-12-6/h2-3,5H,4H2,1H3,(H2,11,13)(H,14,16,17). The fraction of sp³-hybridized carbons (Fsp3) is 0.300. The summed E-state index contributed by atoms with van der Waals surface area (Å²) in [5.74, 6) is -1.37. The van der Waals surface area contributed by atoms with Gasteiger partial charge >= 0.3 is 0 Å². The molecule has 0 aromatic carbocycles. The summed E-state index contributed by atoms with van der Waals surface area (Å²) in [5, 5.41) is 2.15. The second-order valence-electron chi connectivity index (χ2n) is 3.85. The number of nitrogens with zero attached hydrogens (tertiary/aromatic N) is 3. The van der Waals surface area contributed by atoms with Crippen molar-refractivity contribution in [2.45, 2.75) is 13.0 Å². The van der Waals surface area contributed by atoms with E-state index in [4.69, 9.17) is 5.73 Å². The fourth-order valence-corrected chi connectivity index (χ4v) is 1.56. The van der Waals surface area contributed by atoms with E-state index in [2.05, 4.69) is 15.3 Å². The molecule has 1 aromatic heterocycles. The molecular formula is C10H11N5O3. The van der Waals surface area contributed by atoms with Crippen LogP contribution >= 0.6 is 0 Å². The molecular weight excluding hydrogens is 238 g/mol. The van der Waals surface area contributed by atoms with Crippen LogP contribution in [-0.4, -0.2) is 45.2 Å². The van der Waals surface area contributed by atoms with E-state index < -0.39 is 23.8 Å². The number of imide groups is 1. The quantitative estimate of drug-likeness (QED) is 0.587. The molecule has 1 fully saturated rings. The zero-order chi connectivity index (χ0) is 13.3. The third-order valence-corrected chi connectivity index (χ3v) is 2.58. The summed E-state index contributed by atoms with van der Waals surface area (Å²) in [7, 11) is 0. The van der Waals surface area contributed by atoms with Gasteiger partial charge in [-0.05, 0) is 6.92 Å². The van der Waals surface area contributed by atoms with Gasteiger partial charge in [0, 0.05) is 0 Å². The Bertz CT molecular complexity index is 513. The number of carbonyl (C=O) groups is 3. The number of nitrogen functional groups attached to an aromatic ring is 1. The van der Waals surface area contributed by atoms with E-state index in [1.807, 2.05) is 0 Å². The van der Waals surface area contributed by atoms with Crippen molar-refractivity contribution in [1.82, 2.24) is 20.2 Å². The molecule has 8 heteroatoms. The first kappa shape index (κ1) is 12.0. The van der Waals surface area contributed by atoms with E-state index in [0.717, 1.165) is 4.90 Å². The number of nitrogens with one attached hydrogen (secondary N) is 1. The number of piperazine rings is 1. The van der Waals surface area contributed by atoms with Crippen LogP contribution in [0.25, 0.3) is 0 Å². The van der Waals surface area contributed by atoms with Gasteiger partial charge in [-0.25, -0.2) is 9.97 Å². The van der Waals surface area contributed by atoms with Crippen LogP contribution in [0, 0.1) is 0 Å². The summed E-state index contributed by atoms with van der Waals surface area (Å²) in [6.45, 7) is 1.35. The molecule has 3 amide bonds. The summed E-state index contributed by atoms with van der Waals surface area (Å²) in [5.41, 5.74) is 5.40. The Morgan fingerprint density at radius 3 is 2.78 bits per heavy atom. The molecule has 0 radical (unpaired) electrons. The third kappa shape index (κ3) is 2.12. The predicted molar refractivity (Wildman–Crippen MR) is 60.1 cm³/mol. The summed E-state index contributed by atoms with van der Waals surface area (Å²) >= 11 is 0. The van der Waals surface area contributed by atoms with Gasteiger partial charge in [-0.2, -0.15) is 0 Å². The zero-order valence-corrected chi connectivity index (χ0v) is 9.58. The van der Waals surface area contributed by atoms with Crippen LogP contribution in [0.4, 0.5) is 5.82 Å². The Morgan fingerprint density at radius 2 is 2.17 bits per heavy atom. The molecule has 0 aliphatic carbocycles. The van der Waals surface area contributed by atoms with Gasteiger partial charge in [-0.3, -0.25) is 19.7 Å². The van der Waals surface area contributed by atoms with E-state index in [1.54, 1.807) is 0 Å². The number of aromatic nitrogens is 2. The maximum absolute atomic E-state index is 12.1. The van der Waals surface area contributed by atoms with Gasteiger partial charge in [0.05, 0.1) is 12.4 Å². The number of rotatable bonds is 1. The lowest BCUT2D eigenvalue weighted by Gasteiger charge is -2.31. The predicted octanol–water partition coefficient (Wildman–Crippen LogP) is -1.45. The number of carbonyl (C=O) groups excluding carboxylic acids is 3. The van der Waals surface area contributed by atoms with Crippen molar-refractivity contribution in [1.29, 1.82) is 0 Å². The van der Waals surface area contributed by atoms with Gasteiger partial charge in [0.1, 0.15) is 24.1 Å². The van der Waals surface area contributed by atoms with E-state index in [-0.39, 0.29) is 18.1 Å². The average molecular weight is 249 g/mol. The lowest BCUT2D eigenvalue weighted by Crippen LogP contribution is -2.58. The highest BCUT2D eigenvalue weighted by Gasteiger charge is 2.34. The second-order valence-corrected chi connectivity index (χ2v) is 3.85. The fourth-order valence-electron chi connectivity index (χ4n) is 1.56. The smallest absolute Gasteiger partial charge is 0.275 e. The Labute approximate surface area is 102 Å². The van der Waals surface area contributed by atoms with Crippen molar-refractivity contribution in [2.75, 3.05) is 12.3 Å². The molecule has 0 bridgehead atoms. The molecule has 3 N–H and O–H groups in total. The van der Waals surface area contributed by atoms with E-state index in [9.17, 15) is 14.4 Å². The first-order valence-corrected chi connectivity index (χ1v) is 5.21. The van der Waals surface area contributed by atoms with Gasteiger partial charge in [-0.15, -0.1) is 0 Å². The van der Waals surface area contributed by atoms with Crippen molar-refractivity contribution >= 4 is 23.5 Å². The average Bonchev–Trinajstić information content (AvgIpc) is 2.34. The summed E-state index contributed by atoms with van der Waals surface area (Å²) in [6.07, 6.45) is 2.45. The zero-order valence-electron chi connectivity index (χ0n) is 9.58. The number of amides is 3. The van der Waals surface area contributed by atoms with Crippen LogP contribution in [0.5, 0.6) is 0 Å². The molecule has 8 nitrogen and oxygen atoms in total. The van der Waals surface area contributed by atoms with Crippen molar-refractivity contribution in [3.8, 4) is 0 Å². The van der Waals surface area contributed by atoms with Crippen LogP contribution in [0.1, 0.15) is 17.4 Å². The monoisotopic (exact) mass is 249 g/mol. The van der Waals surface area contributed by atoms with Crippen molar-refractivity contribution in [2.24, 2.45) is 0 Å². The maximum atomic E-state index is 12.1. The number of nitrogens with two attached hydrogens (primary N) is 1. The lowest BCUT2D eigenvalue weighted by molar-refractivity contribution is -0.138. The summed E-state index contributed by atoms with van der Waals surface area (Å²) in [6, 6.07) is -0.727. The van der Waals surface area contributed by atoms with Gasteiger partial charge in [0.2, 0.25) is 11.8 Å². The van der Waals surface area contributed by atoms with Crippen LogP contribution < -0.4 is 11.1 Å². The maximum Gasteiger partial charge on any atom is 0.275 e. The van der Waals surface area contributed by atoms with E-state index >= 15 is 0 Å². The molecule has 18 heavy (non-hydrogen) atoms. The van der Waals surface area contributed by atoms with Crippen molar-refractivity contribution in [3.05, 3.63) is 18.1 Å². The summed E-state index contributed by atoms with van der Waals surface area (Å²) < 4.78 is 0. The first-order chi connectivity index (χ1) is 8.49. The van der Waals surface area contributed by atoms with Crippen molar-refractivity contribution in [3.63, 3.8) is 0 Å². The molecule has 0 spiro atoms. The lowest BCUT2D eigenvalue weighted by atomic mass is 10.2. The van der Waals surface area contributed by atoms with E-state index in [0.29, 0.717) is 0 Å². The third-order valence-electron chi connectivity index (χ3n) is 2.58. The largest absolute Gasteiger partial charge is 0.382 e. The van der Waals surface area contributed by atoms with Crippen LogP contribution in [0.15, 0.2) is 12.4 Å². The topological polar surface area (TPSA) is 118 Å². The highest BCUT2D eigenvalue weighted by Crippen LogP contribution is 2.09. The van der Waals surface area contributed by atoms with Crippen LogP contribution in [-0.2, 0) is 9.59 Å². The summed E-state index contributed by atoms with van der Waals surface area (Å²) in [4.78, 5) is 43.4. The Kier molecular flexibility index (Phi) is 2.92. The van der Waals surface area contributed by atoms with Crippen molar-refractivity contribution < 1.29 is 14.4 Å². The van der Waals surface area contributed by atoms with Crippen LogP contribution in [0.3, 0.4) is 0 Å². The Balaban J connectivity index is 2.24. The number of anilines is 1. The molecule has 1 saturated heterocycles. The SMILES string of the molecule is CC1C(=O)NC(=O)CN1C(=O)c1cnc(N)cn1. The second kappa shape index (κ2) is 4.40. The molecule has 1 unspecified atom stereocenters.